The molecule has 0 N–H and O–H groups in total. The Balaban J connectivity index is 1.87. The van der Waals surface area contributed by atoms with Crippen LogP contribution in [0, 0.1) is 10.1 Å². The monoisotopic (exact) mass is 403 g/mol. The van der Waals surface area contributed by atoms with Crippen LogP contribution in [-0.4, -0.2) is 44.1 Å². The molecule has 0 aliphatic carbocycles. The van der Waals surface area contributed by atoms with E-state index in [9.17, 15) is 18.5 Å². The minimum atomic E-state index is -3.57. The largest absolute Gasteiger partial charge is 0.494 e. The molecule has 1 aliphatic rings. The van der Waals surface area contributed by atoms with E-state index >= 15 is 0 Å². The summed E-state index contributed by atoms with van der Waals surface area (Å²) in [4.78, 5) is 14.9. The molecule has 1 saturated heterocycles. The van der Waals surface area contributed by atoms with Gasteiger partial charge in [0.15, 0.2) is 0 Å². The van der Waals surface area contributed by atoms with E-state index in [2.05, 4.69) is 4.99 Å². The van der Waals surface area contributed by atoms with Gasteiger partial charge < -0.3 is 4.74 Å². The minimum absolute atomic E-state index is 0.0288. The second kappa shape index (κ2) is 8.49. The van der Waals surface area contributed by atoms with Gasteiger partial charge in [0.25, 0.3) is 5.69 Å². The molecule has 0 radical (unpaired) electrons. The predicted molar refractivity (Wildman–Crippen MR) is 106 cm³/mol. The smallest absolute Gasteiger partial charge is 0.270 e. The van der Waals surface area contributed by atoms with Gasteiger partial charge in [-0.1, -0.05) is 18.6 Å². The van der Waals surface area contributed by atoms with Gasteiger partial charge in [-0.05, 0) is 30.5 Å². The maximum atomic E-state index is 12.8. The van der Waals surface area contributed by atoms with E-state index in [-0.39, 0.29) is 10.6 Å². The molecule has 1 aliphatic heterocycles. The molecule has 1 fully saturated rings. The lowest BCUT2D eigenvalue weighted by Gasteiger charge is -2.26. The molecule has 28 heavy (non-hydrogen) atoms. The van der Waals surface area contributed by atoms with E-state index in [1.807, 2.05) is 0 Å². The fourth-order valence-electron chi connectivity index (χ4n) is 3.04. The Kier molecular flexibility index (Phi) is 6.05. The quantitative estimate of drug-likeness (QED) is 0.417. The summed E-state index contributed by atoms with van der Waals surface area (Å²) in [6.07, 6.45) is 4.24. The first-order valence-corrected chi connectivity index (χ1v) is 10.3. The number of nitro groups is 1. The highest BCUT2D eigenvalue weighted by molar-refractivity contribution is 7.89. The zero-order valence-electron chi connectivity index (χ0n) is 15.4. The molecule has 0 saturated carbocycles. The van der Waals surface area contributed by atoms with Gasteiger partial charge >= 0.3 is 0 Å². The lowest BCUT2D eigenvalue weighted by Crippen LogP contribution is -2.35. The highest BCUT2D eigenvalue weighted by atomic mass is 32.2. The maximum absolute atomic E-state index is 12.8. The number of sulfonamides is 1. The molecule has 0 spiro atoms. The first kappa shape index (κ1) is 20.0. The number of methoxy groups -OCH3 is 1. The van der Waals surface area contributed by atoms with Crippen LogP contribution in [0.2, 0.25) is 0 Å². The lowest BCUT2D eigenvalue weighted by atomic mass is 10.2. The normalized spacial score (nSPS) is 15.6. The zero-order chi connectivity index (χ0) is 20.1. The summed E-state index contributed by atoms with van der Waals surface area (Å²) in [6.45, 7) is 1.05. The highest BCUT2D eigenvalue weighted by Gasteiger charge is 2.26. The van der Waals surface area contributed by atoms with E-state index in [4.69, 9.17) is 4.74 Å². The molecular weight excluding hydrogens is 382 g/mol. The third kappa shape index (κ3) is 4.37. The predicted octanol–water partition coefficient (Wildman–Crippen LogP) is 3.53. The molecule has 0 unspecified atom stereocenters. The van der Waals surface area contributed by atoms with Crippen LogP contribution in [0.25, 0.3) is 0 Å². The zero-order valence-corrected chi connectivity index (χ0v) is 16.3. The van der Waals surface area contributed by atoms with Crippen LogP contribution >= 0.6 is 0 Å². The molecule has 2 aromatic rings. The van der Waals surface area contributed by atoms with Crippen molar-refractivity contribution in [2.24, 2.45) is 4.99 Å². The van der Waals surface area contributed by atoms with Crippen molar-refractivity contribution in [2.45, 2.75) is 24.2 Å². The summed E-state index contributed by atoms with van der Waals surface area (Å²) in [7, 11) is -2.12. The van der Waals surface area contributed by atoms with Gasteiger partial charge in [-0.3, -0.25) is 15.1 Å². The number of nitrogens with zero attached hydrogens (tertiary/aromatic N) is 3. The Morgan fingerprint density at radius 3 is 2.57 bits per heavy atom. The van der Waals surface area contributed by atoms with Gasteiger partial charge in [0.2, 0.25) is 10.0 Å². The maximum Gasteiger partial charge on any atom is 0.270 e. The van der Waals surface area contributed by atoms with Gasteiger partial charge in [-0.2, -0.15) is 4.31 Å². The van der Waals surface area contributed by atoms with Crippen molar-refractivity contribution in [3.05, 3.63) is 58.1 Å². The van der Waals surface area contributed by atoms with Crippen molar-refractivity contribution in [1.82, 2.24) is 4.31 Å². The van der Waals surface area contributed by atoms with E-state index in [1.54, 1.807) is 18.2 Å². The number of hydrogen-bond donors (Lipinski definition) is 0. The fraction of sp³-hybridized carbons (Fsp3) is 0.316. The Bertz CT molecular complexity index is 998. The molecule has 0 bridgehead atoms. The molecule has 8 nitrogen and oxygen atoms in total. The van der Waals surface area contributed by atoms with Gasteiger partial charge in [0.1, 0.15) is 11.4 Å². The fourth-order valence-corrected chi connectivity index (χ4v) is 4.58. The van der Waals surface area contributed by atoms with E-state index in [1.165, 1.54) is 41.9 Å². The topological polar surface area (TPSA) is 102 Å². The molecule has 0 atom stereocenters. The third-order valence-electron chi connectivity index (χ3n) is 4.54. The van der Waals surface area contributed by atoms with Crippen molar-refractivity contribution in [1.29, 1.82) is 0 Å². The van der Waals surface area contributed by atoms with Crippen LogP contribution < -0.4 is 4.74 Å². The van der Waals surface area contributed by atoms with Crippen molar-refractivity contribution < 1.29 is 18.1 Å². The van der Waals surface area contributed by atoms with E-state index in [0.29, 0.717) is 30.1 Å². The average molecular weight is 403 g/mol. The molecule has 1 heterocycles. The summed E-state index contributed by atoms with van der Waals surface area (Å²) >= 11 is 0. The molecule has 148 valence electrons. The van der Waals surface area contributed by atoms with Crippen LogP contribution in [0.5, 0.6) is 5.75 Å². The van der Waals surface area contributed by atoms with Gasteiger partial charge in [-0.25, -0.2) is 8.42 Å². The summed E-state index contributed by atoms with van der Waals surface area (Å²) in [5.74, 6) is 0.319. The number of benzene rings is 2. The molecule has 2 aromatic carbocycles. The molecule has 3 rings (SSSR count). The summed E-state index contributed by atoms with van der Waals surface area (Å²) < 4.78 is 32.4. The number of non-ortho nitro benzene ring substituents is 1. The van der Waals surface area contributed by atoms with Crippen molar-refractivity contribution in [2.75, 3.05) is 20.2 Å². The Hall–Kier alpha value is -2.78. The molecular formula is C19H21N3O5S. The van der Waals surface area contributed by atoms with Crippen molar-refractivity contribution in [3.8, 4) is 5.75 Å². The second-order valence-corrected chi connectivity index (χ2v) is 8.35. The number of aliphatic imine (C=N–C) groups is 1. The number of hydrogen-bond acceptors (Lipinski definition) is 6. The van der Waals surface area contributed by atoms with E-state index in [0.717, 1.165) is 19.3 Å². The first-order chi connectivity index (χ1) is 13.4. The Morgan fingerprint density at radius 2 is 1.89 bits per heavy atom. The summed E-state index contributed by atoms with van der Waals surface area (Å²) in [5, 5.41) is 10.9. The van der Waals surface area contributed by atoms with Crippen LogP contribution in [0.3, 0.4) is 0 Å². The number of rotatable bonds is 6. The summed E-state index contributed by atoms with van der Waals surface area (Å²) in [6, 6.07) is 10.6. The van der Waals surface area contributed by atoms with Crippen molar-refractivity contribution >= 4 is 27.6 Å². The standard InChI is InChI=1S/C19H21N3O5S/c1-27-19-13-17(28(25,26)21-10-3-2-4-11-21)8-9-18(19)20-14-15-6-5-7-16(12-15)22(23)24/h5-9,12-14H,2-4,10-11H2,1H3. The van der Waals surface area contributed by atoms with Crippen LogP contribution in [0.15, 0.2) is 52.4 Å². The molecule has 0 amide bonds. The first-order valence-electron chi connectivity index (χ1n) is 8.88. The van der Waals surface area contributed by atoms with Gasteiger partial charge in [0, 0.05) is 37.5 Å². The second-order valence-electron chi connectivity index (χ2n) is 6.41. The van der Waals surface area contributed by atoms with Crippen molar-refractivity contribution in [3.63, 3.8) is 0 Å². The number of piperidine rings is 1. The summed E-state index contributed by atoms with van der Waals surface area (Å²) in [5.41, 5.74) is 0.965. The Morgan fingerprint density at radius 1 is 1.14 bits per heavy atom. The van der Waals surface area contributed by atoms with Crippen LogP contribution in [0.1, 0.15) is 24.8 Å². The SMILES string of the molecule is COc1cc(S(=O)(=O)N2CCCCC2)ccc1N=Cc1cccc([N+](=O)[O-])c1. The molecule has 9 heteroatoms. The van der Waals surface area contributed by atoms with Gasteiger partial charge in [0.05, 0.1) is 16.9 Å². The third-order valence-corrected chi connectivity index (χ3v) is 6.43. The highest BCUT2D eigenvalue weighted by Crippen LogP contribution is 2.32. The van der Waals surface area contributed by atoms with Crippen LogP contribution in [-0.2, 0) is 10.0 Å². The average Bonchev–Trinajstić information content (AvgIpc) is 2.72. The minimum Gasteiger partial charge on any atom is -0.494 e. The van der Waals surface area contributed by atoms with Crippen LogP contribution in [0.4, 0.5) is 11.4 Å². The molecule has 0 aromatic heterocycles. The lowest BCUT2D eigenvalue weighted by molar-refractivity contribution is -0.384. The van der Waals surface area contributed by atoms with E-state index < -0.39 is 14.9 Å². The number of nitro benzene ring substituents is 1. The number of ether oxygens (including phenoxy) is 1. The Labute approximate surface area is 163 Å². The van der Waals surface area contributed by atoms with Gasteiger partial charge in [-0.15, -0.1) is 0 Å².